The van der Waals surface area contributed by atoms with Crippen molar-refractivity contribution in [2.75, 3.05) is 0 Å². The number of hydrogen-bond donors (Lipinski definition) is 1. The van der Waals surface area contributed by atoms with Crippen molar-refractivity contribution >= 4 is 5.91 Å². The SMILES string of the molecule is O=C(NCc1cc(-c2ccco2)on1)c1ccccc1C(F)(F)F. The number of halogens is 3. The molecule has 0 saturated heterocycles. The number of aromatic nitrogens is 1. The lowest BCUT2D eigenvalue weighted by Crippen LogP contribution is -2.26. The highest BCUT2D eigenvalue weighted by atomic mass is 19.4. The third kappa shape index (κ3) is 3.32. The number of hydrogen-bond acceptors (Lipinski definition) is 4. The summed E-state index contributed by atoms with van der Waals surface area (Å²) < 4.78 is 48.9. The van der Waals surface area contributed by atoms with E-state index in [1.165, 1.54) is 24.5 Å². The van der Waals surface area contributed by atoms with E-state index >= 15 is 0 Å². The van der Waals surface area contributed by atoms with Gasteiger partial charge in [0.05, 0.1) is 23.9 Å². The highest BCUT2D eigenvalue weighted by Crippen LogP contribution is 2.31. The van der Waals surface area contributed by atoms with Crippen LogP contribution >= 0.6 is 0 Å². The fraction of sp³-hybridized carbons (Fsp3) is 0.125. The maximum absolute atomic E-state index is 12.9. The Balaban J connectivity index is 1.71. The maximum atomic E-state index is 12.9. The van der Waals surface area contributed by atoms with Crippen LogP contribution in [0.4, 0.5) is 13.2 Å². The summed E-state index contributed by atoms with van der Waals surface area (Å²) in [4.78, 5) is 12.0. The molecule has 0 fully saturated rings. The van der Waals surface area contributed by atoms with E-state index in [4.69, 9.17) is 8.94 Å². The first-order valence-corrected chi connectivity index (χ1v) is 6.89. The number of amides is 1. The van der Waals surface area contributed by atoms with Crippen LogP contribution in [0.25, 0.3) is 11.5 Å². The molecule has 2 heterocycles. The third-order valence-electron chi connectivity index (χ3n) is 3.23. The molecule has 0 unspecified atom stereocenters. The summed E-state index contributed by atoms with van der Waals surface area (Å²) in [5.41, 5.74) is -1.07. The molecule has 1 amide bonds. The number of carbonyl (C=O) groups is 1. The molecule has 0 spiro atoms. The predicted molar refractivity (Wildman–Crippen MR) is 76.8 cm³/mol. The van der Waals surface area contributed by atoms with Crippen molar-refractivity contribution < 1.29 is 26.9 Å². The zero-order valence-corrected chi connectivity index (χ0v) is 12.1. The first-order valence-electron chi connectivity index (χ1n) is 6.89. The van der Waals surface area contributed by atoms with Crippen LogP contribution in [0.2, 0.25) is 0 Å². The van der Waals surface area contributed by atoms with Gasteiger partial charge in [-0.2, -0.15) is 13.2 Å². The summed E-state index contributed by atoms with van der Waals surface area (Å²) in [7, 11) is 0. The van der Waals surface area contributed by atoms with E-state index in [0.29, 0.717) is 17.2 Å². The number of nitrogens with zero attached hydrogens (tertiary/aromatic N) is 1. The molecule has 24 heavy (non-hydrogen) atoms. The molecule has 0 radical (unpaired) electrons. The summed E-state index contributed by atoms with van der Waals surface area (Å²) in [6.45, 7) is -0.0742. The number of benzene rings is 1. The summed E-state index contributed by atoms with van der Waals surface area (Å²) >= 11 is 0. The van der Waals surface area contributed by atoms with E-state index in [1.807, 2.05) is 0 Å². The highest BCUT2D eigenvalue weighted by molar-refractivity contribution is 5.95. The molecular weight excluding hydrogens is 325 g/mol. The van der Waals surface area contributed by atoms with Crippen molar-refractivity contribution in [1.29, 1.82) is 0 Å². The van der Waals surface area contributed by atoms with E-state index in [0.717, 1.165) is 12.1 Å². The molecule has 0 aliphatic rings. The lowest BCUT2D eigenvalue weighted by molar-refractivity contribution is -0.137. The van der Waals surface area contributed by atoms with Gasteiger partial charge in [0.2, 0.25) is 5.76 Å². The number of nitrogens with one attached hydrogen (secondary N) is 1. The average Bonchev–Trinajstić information content (AvgIpc) is 3.23. The van der Waals surface area contributed by atoms with Crippen LogP contribution in [0.5, 0.6) is 0 Å². The number of furan rings is 1. The highest BCUT2D eigenvalue weighted by Gasteiger charge is 2.34. The second-order valence-electron chi connectivity index (χ2n) is 4.89. The zero-order valence-electron chi connectivity index (χ0n) is 12.1. The Morgan fingerprint density at radius 2 is 1.92 bits per heavy atom. The van der Waals surface area contributed by atoms with Crippen LogP contribution in [-0.2, 0) is 12.7 Å². The van der Waals surface area contributed by atoms with Crippen molar-refractivity contribution in [3.05, 3.63) is 65.5 Å². The molecule has 3 rings (SSSR count). The normalized spacial score (nSPS) is 11.5. The molecule has 0 aliphatic heterocycles. The van der Waals surface area contributed by atoms with E-state index in [9.17, 15) is 18.0 Å². The van der Waals surface area contributed by atoms with Gasteiger partial charge in [0.15, 0.2) is 5.76 Å². The Bertz CT molecular complexity index is 838. The number of rotatable bonds is 4. The Morgan fingerprint density at radius 1 is 1.12 bits per heavy atom. The smallest absolute Gasteiger partial charge is 0.417 e. The standard InChI is InChI=1S/C16H11F3N2O3/c17-16(18,19)12-5-2-1-4-11(12)15(22)20-9-10-8-14(24-21-10)13-6-3-7-23-13/h1-8H,9H2,(H,20,22). The quantitative estimate of drug-likeness (QED) is 0.785. The van der Waals surface area contributed by atoms with Gasteiger partial charge in [0, 0.05) is 6.07 Å². The van der Waals surface area contributed by atoms with E-state index in [1.54, 1.807) is 12.1 Å². The molecular formula is C16H11F3N2O3. The van der Waals surface area contributed by atoms with Crippen LogP contribution < -0.4 is 5.32 Å². The van der Waals surface area contributed by atoms with Crippen molar-refractivity contribution in [2.45, 2.75) is 12.7 Å². The summed E-state index contributed by atoms with van der Waals surface area (Å²) in [6.07, 6.45) is -3.14. The number of alkyl halides is 3. The molecule has 3 aromatic rings. The zero-order chi connectivity index (χ0) is 17.2. The molecule has 1 N–H and O–H groups in total. The van der Waals surface area contributed by atoms with Crippen molar-refractivity contribution in [1.82, 2.24) is 10.5 Å². The lowest BCUT2D eigenvalue weighted by atomic mass is 10.1. The summed E-state index contributed by atoms with van der Waals surface area (Å²) in [6, 6.07) is 9.46. The summed E-state index contributed by atoms with van der Waals surface area (Å²) in [5.74, 6) is -0.0205. The van der Waals surface area contributed by atoms with Gasteiger partial charge in [0.25, 0.3) is 5.91 Å². The van der Waals surface area contributed by atoms with Gasteiger partial charge < -0.3 is 14.3 Å². The average molecular weight is 336 g/mol. The Hall–Kier alpha value is -3.03. The van der Waals surface area contributed by atoms with Crippen molar-refractivity contribution in [3.63, 3.8) is 0 Å². The lowest BCUT2D eigenvalue weighted by Gasteiger charge is -2.12. The Morgan fingerprint density at radius 3 is 2.62 bits per heavy atom. The predicted octanol–water partition coefficient (Wildman–Crippen LogP) is 3.88. The van der Waals surface area contributed by atoms with Gasteiger partial charge in [-0.1, -0.05) is 17.3 Å². The fourth-order valence-corrected chi connectivity index (χ4v) is 2.12. The molecule has 0 atom stereocenters. The van der Waals surface area contributed by atoms with Gasteiger partial charge in [-0.25, -0.2) is 0 Å². The van der Waals surface area contributed by atoms with Gasteiger partial charge in [-0.3, -0.25) is 4.79 Å². The summed E-state index contributed by atoms with van der Waals surface area (Å²) in [5, 5.41) is 6.13. The molecule has 2 aromatic heterocycles. The second-order valence-corrected chi connectivity index (χ2v) is 4.89. The van der Waals surface area contributed by atoms with Crippen molar-refractivity contribution in [3.8, 4) is 11.5 Å². The largest absolute Gasteiger partial charge is 0.461 e. The van der Waals surface area contributed by atoms with Crippen LogP contribution in [0.15, 0.2) is 57.7 Å². The van der Waals surface area contributed by atoms with Crippen molar-refractivity contribution in [2.24, 2.45) is 0 Å². The van der Waals surface area contributed by atoms with Crippen LogP contribution in [0.1, 0.15) is 21.6 Å². The minimum atomic E-state index is -4.60. The van der Waals surface area contributed by atoms with Gasteiger partial charge >= 0.3 is 6.18 Å². The topological polar surface area (TPSA) is 68.3 Å². The molecule has 5 nitrogen and oxygen atoms in total. The fourth-order valence-electron chi connectivity index (χ4n) is 2.12. The van der Waals surface area contributed by atoms with Crippen LogP contribution in [-0.4, -0.2) is 11.1 Å². The number of carbonyl (C=O) groups excluding carboxylic acids is 1. The van der Waals surface area contributed by atoms with E-state index in [2.05, 4.69) is 10.5 Å². The molecule has 0 bridgehead atoms. The first-order chi connectivity index (χ1) is 11.4. The third-order valence-corrected chi connectivity index (χ3v) is 3.23. The second kappa shape index (κ2) is 6.23. The maximum Gasteiger partial charge on any atom is 0.417 e. The van der Waals surface area contributed by atoms with Crippen LogP contribution in [0, 0.1) is 0 Å². The molecule has 1 aromatic carbocycles. The minimum absolute atomic E-state index is 0.0742. The van der Waals surface area contributed by atoms with E-state index in [-0.39, 0.29) is 6.54 Å². The van der Waals surface area contributed by atoms with E-state index < -0.39 is 23.2 Å². The monoisotopic (exact) mass is 336 g/mol. The van der Waals surface area contributed by atoms with Crippen LogP contribution in [0.3, 0.4) is 0 Å². The van der Waals surface area contributed by atoms with Gasteiger partial charge in [0.1, 0.15) is 5.69 Å². The van der Waals surface area contributed by atoms with Gasteiger partial charge in [-0.05, 0) is 24.3 Å². The molecule has 124 valence electrons. The first kappa shape index (κ1) is 15.9. The molecule has 0 saturated carbocycles. The Kier molecular flexibility index (Phi) is 4.11. The Labute approximate surface area is 134 Å². The van der Waals surface area contributed by atoms with Gasteiger partial charge in [-0.15, -0.1) is 0 Å². The minimum Gasteiger partial charge on any atom is -0.461 e. The molecule has 8 heteroatoms. The molecule has 0 aliphatic carbocycles.